The van der Waals surface area contributed by atoms with Gasteiger partial charge in [-0.3, -0.25) is 4.90 Å². The van der Waals surface area contributed by atoms with Gasteiger partial charge in [-0.1, -0.05) is 196 Å². The Morgan fingerprint density at radius 2 is 1.06 bits per heavy atom. The predicted molar refractivity (Wildman–Crippen MR) is 291 cm³/mol. The second-order valence-electron chi connectivity index (χ2n) is 18.1. The summed E-state index contributed by atoms with van der Waals surface area (Å²) in [5, 5.41) is 0. The summed E-state index contributed by atoms with van der Waals surface area (Å²) in [6.07, 6.45) is 1.90. The zero-order valence-corrected chi connectivity index (χ0v) is 39.0. The van der Waals surface area contributed by atoms with Gasteiger partial charge in [-0.2, -0.15) is 0 Å². The fourth-order valence-corrected chi connectivity index (χ4v) is 10.5. The van der Waals surface area contributed by atoms with Crippen LogP contribution < -0.4 is 14.7 Å². The van der Waals surface area contributed by atoms with Crippen molar-refractivity contribution in [3.63, 3.8) is 0 Å². The highest BCUT2D eigenvalue weighted by Crippen LogP contribution is 2.54. The third-order valence-electron chi connectivity index (χ3n) is 12.9. The average Bonchev–Trinajstić information content (AvgIpc) is 4.10. The smallest absolute Gasteiger partial charge is 0.137 e. The molecule has 332 valence electrons. The molecule has 10 aromatic rings. The molecule has 0 aliphatic carbocycles. The number of nitrogens with zero attached hydrogens (tertiary/aromatic N) is 4. The molecular formula is C64H50N4S. The van der Waals surface area contributed by atoms with E-state index in [4.69, 9.17) is 18.7 Å². The fraction of sp³-hybridized carbons (Fsp3) is 0.0781. The van der Waals surface area contributed by atoms with E-state index in [2.05, 4.69) is 140 Å². The van der Waals surface area contributed by atoms with Crippen LogP contribution in [0.4, 0.5) is 39.9 Å². The van der Waals surface area contributed by atoms with Gasteiger partial charge in [0, 0.05) is 43.9 Å². The first-order valence-electron chi connectivity index (χ1n) is 27.9. The van der Waals surface area contributed by atoms with Crippen LogP contribution in [0, 0.1) is 0 Å². The molecule has 69 heavy (non-hydrogen) atoms. The average molecular weight is 917 g/mol. The quantitative estimate of drug-likeness (QED) is 0.151. The molecule has 3 heterocycles. The Kier molecular flexibility index (Phi) is 8.26. The minimum atomic E-state index is -0.545. The van der Waals surface area contributed by atoms with Crippen molar-refractivity contribution < 1.29 is 13.7 Å². The van der Waals surface area contributed by atoms with E-state index in [0.717, 1.165) is 77.3 Å². The number of benzene rings is 9. The molecule has 9 aromatic carbocycles. The molecule has 0 N–H and O–H groups in total. The molecule has 0 spiro atoms. The number of fused-ring (bicyclic) bond motifs is 6. The summed E-state index contributed by atoms with van der Waals surface area (Å²) >= 11 is 1.63. The standard InChI is InChI=1S/C64H50N4S/c1-64(2,3)48-37-38-65-62(40-48)68-58-30-14-13-27-55(58)57-39-47(44-19-7-4-8-20-44)33-35-54(57)56-36-34-51(42-61(56)68)69-50-26-17-25-49(41-50)66-43-67(60-32-16-15-31-59(60)66)63-52(45-21-9-5-10-22-45)28-18-29-53(63)46-23-11-6-12-24-46/h4-42H,43H2,1-3H3/i5D,6D,9D,10D,11D,12D,21D,22D,23D,24D. The fourth-order valence-electron chi connectivity index (χ4n) is 9.56. The summed E-state index contributed by atoms with van der Waals surface area (Å²) in [7, 11) is 0. The highest BCUT2D eigenvalue weighted by atomic mass is 32.2. The summed E-state index contributed by atoms with van der Waals surface area (Å²) in [5.74, 6) is 0.807. The monoisotopic (exact) mass is 916 g/mol. The van der Waals surface area contributed by atoms with Crippen molar-refractivity contribution >= 4 is 51.7 Å². The molecule has 0 radical (unpaired) electrons. The Labute approximate surface area is 423 Å². The molecule has 0 unspecified atom stereocenters. The minimum Gasteiger partial charge on any atom is -0.321 e. The lowest BCUT2D eigenvalue weighted by Gasteiger charge is -2.28. The van der Waals surface area contributed by atoms with Crippen molar-refractivity contribution in [1.29, 1.82) is 0 Å². The van der Waals surface area contributed by atoms with Crippen molar-refractivity contribution in [1.82, 2.24) is 4.98 Å². The van der Waals surface area contributed by atoms with Gasteiger partial charge in [0.1, 0.15) is 12.5 Å². The van der Waals surface area contributed by atoms with Crippen LogP contribution in [-0.4, -0.2) is 11.7 Å². The van der Waals surface area contributed by atoms with Crippen LogP contribution in [0.15, 0.2) is 246 Å². The topological polar surface area (TPSA) is 22.6 Å². The van der Waals surface area contributed by atoms with Crippen LogP contribution in [-0.2, 0) is 5.41 Å². The van der Waals surface area contributed by atoms with Gasteiger partial charge in [-0.25, -0.2) is 4.98 Å². The van der Waals surface area contributed by atoms with Crippen molar-refractivity contribution in [2.45, 2.75) is 36.0 Å². The van der Waals surface area contributed by atoms with Gasteiger partial charge in [-0.05, 0) is 111 Å². The Balaban J connectivity index is 0.980. The molecule has 5 heteroatoms. The van der Waals surface area contributed by atoms with Crippen molar-refractivity contribution in [3.8, 4) is 55.6 Å². The van der Waals surface area contributed by atoms with E-state index in [0.29, 0.717) is 11.4 Å². The number of rotatable bonds is 8. The van der Waals surface area contributed by atoms with Crippen LogP contribution >= 0.6 is 11.8 Å². The summed E-state index contributed by atoms with van der Waals surface area (Å²) < 4.78 is 87.9. The van der Waals surface area contributed by atoms with Crippen LogP contribution in [0.25, 0.3) is 55.6 Å². The maximum atomic E-state index is 9.11. The SMILES string of the molecule is [2H]c1c([2H])c([2H])c(-c2cccc(-c3c([2H])c([2H])c([2H])c([2H])c3[2H])c2N2CN(c3cccc(Sc4ccc5c(c4)N(c4cc(C(C)(C)C)ccn4)c4ccccc4-c4cc(-c6ccccc6)ccc4-5)c3)c3ccccc32)c([2H])c1[2H]. The molecular weight excluding hydrogens is 857 g/mol. The Hall–Kier alpha value is -8.12. The summed E-state index contributed by atoms with van der Waals surface area (Å²) in [6.45, 7) is 6.78. The Bertz CT molecular complexity index is 3980. The molecule has 0 amide bonds. The lowest BCUT2D eigenvalue weighted by atomic mass is 9.87. The molecule has 2 aliphatic heterocycles. The molecule has 2 aliphatic rings. The summed E-state index contributed by atoms with van der Waals surface area (Å²) in [5.41, 5.74) is 12.6. The molecule has 0 saturated carbocycles. The zero-order chi connectivity index (χ0) is 55.2. The van der Waals surface area contributed by atoms with Gasteiger partial charge in [0.25, 0.3) is 0 Å². The number of para-hydroxylation sites is 4. The van der Waals surface area contributed by atoms with Crippen molar-refractivity contribution in [3.05, 3.63) is 242 Å². The van der Waals surface area contributed by atoms with E-state index in [-0.39, 0.29) is 34.3 Å². The largest absolute Gasteiger partial charge is 0.321 e. The Morgan fingerprint density at radius 1 is 0.449 bits per heavy atom. The molecule has 0 bridgehead atoms. The summed E-state index contributed by atoms with van der Waals surface area (Å²) in [6, 6.07) is 52.6. The molecule has 4 nitrogen and oxygen atoms in total. The highest BCUT2D eigenvalue weighted by Gasteiger charge is 2.32. The third kappa shape index (κ3) is 7.85. The lowest BCUT2D eigenvalue weighted by Crippen LogP contribution is -2.25. The maximum absolute atomic E-state index is 9.11. The van der Waals surface area contributed by atoms with Crippen molar-refractivity contribution in [2.24, 2.45) is 0 Å². The maximum Gasteiger partial charge on any atom is 0.137 e. The van der Waals surface area contributed by atoms with E-state index in [1.54, 1.807) is 30.0 Å². The molecule has 12 rings (SSSR count). The minimum absolute atomic E-state index is 0.0783. The first-order chi connectivity index (χ1) is 38.0. The summed E-state index contributed by atoms with van der Waals surface area (Å²) in [4.78, 5) is 13.4. The zero-order valence-electron chi connectivity index (χ0n) is 48.1. The number of pyridine rings is 1. The van der Waals surface area contributed by atoms with E-state index in [9.17, 15) is 0 Å². The molecule has 0 fully saturated rings. The van der Waals surface area contributed by atoms with Crippen LogP contribution in [0.3, 0.4) is 0 Å². The lowest BCUT2D eigenvalue weighted by molar-refractivity contribution is 0.589. The van der Waals surface area contributed by atoms with Gasteiger partial charge in [0.15, 0.2) is 0 Å². The first-order valence-corrected chi connectivity index (χ1v) is 23.7. The number of hydrogen-bond donors (Lipinski definition) is 0. The van der Waals surface area contributed by atoms with Gasteiger partial charge in [0.05, 0.1) is 42.1 Å². The van der Waals surface area contributed by atoms with Gasteiger partial charge in [-0.15, -0.1) is 0 Å². The second-order valence-corrected chi connectivity index (χ2v) is 19.2. The number of hydrogen-bond acceptors (Lipinski definition) is 5. The predicted octanol–water partition coefficient (Wildman–Crippen LogP) is 17.9. The number of aromatic nitrogens is 1. The van der Waals surface area contributed by atoms with E-state index >= 15 is 0 Å². The number of anilines is 7. The highest BCUT2D eigenvalue weighted by molar-refractivity contribution is 7.99. The molecule has 0 atom stereocenters. The molecule has 0 saturated heterocycles. The van der Waals surface area contributed by atoms with Crippen LogP contribution in [0.5, 0.6) is 0 Å². The van der Waals surface area contributed by atoms with Crippen LogP contribution in [0.2, 0.25) is 0 Å². The third-order valence-corrected chi connectivity index (χ3v) is 13.8. The Morgan fingerprint density at radius 3 is 1.78 bits per heavy atom. The van der Waals surface area contributed by atoms with Crippen molar-refractivity contribution in [2.75, 3.05) is 21.4 Å². The van der Waals surface area contributed by atoms with E-state index < -0.39 is 60.4 Å². The van der Waals surface area contributed by atoms with Gasteiger partial charge < -0.3 is 9.80 Å². The van der Waals surface area contributed by atoms with E-state index in [1.807, 2.05) is 53.6 Å². The van der Waals surface area contributed by atoms with Gasteiger partial charge in [0.2, 0.25) is 0 Å². The van der Waals surface area contributed by atoms with Crippen LogP contribution in [0.1, 0.15) is 40.0 Å². The van der Waals surface area contributed by atoms with Gasteiger partial charge >= 0.3 is 0 Å². The second kappa shape index (κ2) is 17.5. The normalized spacial score (nSPS) is 14.8. The molecule has 1 aromatic heterocycles. The van der Waals surface area contributed by atoms with E-state index in [1.165, 1.54) is 0 Å². The first kappa shape index (κ1) is 32.6.